The lowest BCUT2D eigenvalue weighted by Gasteiger charge is -2.23. The third-order valence-corrected chi connectivity index (χ3v) is 2.41. The van der Waals surface area contributed by atoms with E-state index in [1.54, 1.807) is 0 Å². The summed E-state index contributed by atoms with van der Waals surface area (Å²) in [6, 6.07) is 6.55. The molecule has 96 valence electrons. The molecule has 0 bridgehead atoms. The number of rotatable bonds is 1. The van der Waals surface area contributed by atoms with E-state index in [0.29, 0.717) is 0 Å². The summed E-state index contributed by atoms with van der Waals surface area (Å²) in [5.41, 5.74) is -2.66. The van der Waals surface area contributed by atoms with E-state index in [4.69, 9.17) is 10.2 Å². The molecule has 2 aromatic rings. The van der Waals surface area contributed by atoms with E-state index >= 15 is 0 Å². The molecule has 0 aliphatic heterocycles. The van der Waals surface area contributed by atoms with Crippen LogP contribution in [0.5, 0.6) is 0 Å². The standard InChI is InChI=1S/C11H7F3O4/c12-11(13,14)10(16,17)7-5-6-3-1-2-4-8(6)18-9(7)15/h1-5,16-17H. The number of fused-ring (bicyclic) bond motifs is 1. The summed E-state index contributed by atoms with van der Waals surface area (Å²) in [5, 5.41) is 18.2. The maximum Gasteiger partial charge on any atom is 0.448 e. The van der Waals surface area contributed by atoms with E-state index in [0.717, 1.165) is 6.07 Å². The van der Waals surface area contributed by atoms with E-state index in [1.165, 1.54) is 24.3 Å². The molecule has 0 amide bonds. The molecule has 1 aromatic carbocycles. The van der Waals surface area contributed by atoms with Crippen LogP contribution in [0.2, 0.25) is 0 Å². The van der Waals surface area contributed by atoms with Gasteiger partial charge in [-0.3, -0.25) is 0 Å². The SMILES string of the molecule is O=c1oc2ccccc2cc1C(O)(O)C(F)(F)F. The van der Waals surface area contributed by atoms with Crippen LogP contribution < -0.4 is 5.63 Å². The van der Waals surface area contributed by atoms with Crippen molar-refractivity contribution >= 4 is 11.0 Å². The number of aliphatic hydroxyl groups is 2. The van der Waals surface area contributed by atoms with Crippen molar-refractivity contribution in [3.63, 3.8) is 0 Å². The van der Waals surface area contributed by atoms with Gasteiger partial charge in [-0.15, -0.1) is 0 Å². The monoisotopic (exact) mass is 260 g/mol. The second-order valence-electron chi connectivity index (χ2n) is 3.66. The van der Waals surface area contributed by atoms with Gasteiger partial charge in [-0.2, -0.15) is 13.2 Å². The molecule has 0 aliphatic carbocycles. The third-order valence-electron chi connectivity index (χ3n) is 2.41. The Morgan fingerprint density at radius 1 is 1.11 bits per heavy atom. The van der Waals surface area contributed by atoms with Crippen LogP contribution in [0.25, 0.3) is 11.0 Å². The molecule has 7 heteroatoms. The van der Waals surface area contributed by atoms with Gasteiger partial charge in [0.05, 0.1) is 0 Å². The number of halogens is 3. The van der Waals surface area contributed by atoms with Crippen LogP contribution in [0.1, 0.15) is 5.56 Å². The molecule has 1 aromatic heterocycles. The van der Waals surface area contributed by atoms with Gasteiger partial charge in [0.25, 0.3) is 5.79 Å². The summed E-state index contributed by atoms with van der Waals surface area (Å²) >= 11 is 0. The molecule has 0 unspecified atom stereocenters. The minimum atomic E-state index is -5.40. The fraction of sp³-hybridized carbons (Fsp3) is 0.182. The molecule has 0 radical (unpaired) electrons. The highest BCUT2D eigenvalue weighted by Crippen LogP contribution is 2.35. The predicted molar refractivity (Wildman–Crippen MR) is 54.7 cm³/mol. The highest BCUT2D eigenvalue weighted by atomic mass is 19.4. The van der Waals surface area contributed by atoms with Crippen LogP contribution in [0.3, 0.4) is 0 Å². The Hall–Kier alpha value is -1.86. The first-order valence-electron chi connectivity index (χ1n) is 4.78. The van der Waals surface area contributed by atoms with Gasteiger partial charge < -0.3 is 14.6 Å². The first kappa shape index (κ1) is 12.6. The lowest BCUT2D eigenvalue weighted by atomic mass is 10.1. The zero-order valence-corrected chi connectivity index (χ0v) is 8.73. The van der Waals surface area contributed by atoms with Gasteiger partial charge in [0.15, 0.2) is 0 Å². The summed E-state index contributed by atoms with van der Waals surface area (Å²) < 4.78 is 41.9. The van der Waals surface area contributed by atoms with Gasteiger partial charge in [0.1, 0.15) is 11.1 Å². The van der Waals surface area contributed by atoms with Crippen molar-refractivity contribution in [2.24, 2.45) is 0 Å². The first-order chi connectivity index (χ1) is 8.23. The Morgan fingerprint density at radius 3 is 2.33 bits per heavy atom. The maximum atomic E-state index is 12.4. The predicted octanol–water partition coefficient (Wildman–Crippen LogP) is 1.49. The molecular weight excluding hydrogens is 253 g/mol. The zero-order chi connectivity index (χ0) is 13.6. The molecule has 0 saturated heterocycles. The van der Waals surface area contributed by atoms with Crippen molar-refractivity contribution in [2.45, 2.75) is 12.0 Å². The van der Waals surface area contributed by atoms with Gasteiger partial charge in [0.2, 0.25) is 0 Å². The van der Waals surface area contributed by atoms with Crippen LogP contribution in [-0.4, -0.2) is 16.4 Å². The molecule has 2 rings (SSSR count). The Bertz CT molecular complexity index is 643. The van der Waals surface area contributed by atoms with Gasteiger partial charge in [-0.05, 0) is 12.1 Å². The third kappa shape index (κ3) is 1.87. The fourth-order valence-corrected chi connectivity index (χ4v) is 1.46. The highest BCUT2D eigenvalue weighted by molar-refractivity contribution is 5.76. The number of para-hydroxylation sites is 1. The number of benzene rings is 1. The molecule has 18 heavy (non-hydrogen) atoms. The minimum absolute atomic E-state index is 0.0595. The number of alkyl halides is 3. The lowest BCUT2D eigenvalue weighted by molar-refractivity contribution is -0.359. The Balaban J connectivity index is 2.73. The summed E-state index contributed by atoms with van der Waals surface area (Å²) in [5.74, 6) is -4.24. The average Bonchev–Trinajstić information content (AvgIpc) is 2.26. The van der Waals surface area contributed by atoms with Crippen LogP contribution in [-0.2, 0) is 5.79 Å². The van der Waals surface area contributed by atoms with E-state index < -0.39 is 23.2 Å². The lowest BCUT2D eigenvalue weighted by Crippen LogP contribution is -2.45. The molecule has 0 atom stereocenters. The van der Waals surface area contributed by atoms with E-state index in [-0.39, 0.29) is 11.0 Å². The van der Waals surface area contributed by atoms with Gasteiger partial charge >= 0.3 is 11.8 Å². The van der Waals surface area contributed by atoms with Crippen LogP contribution >= 0.6 is 0 Å². The van der Waals surface area contributed by atoms with E-state index in [1.807, 2.05) is 0 Å². The normalized spacial score (nSPS) is 12.9. The van der Waals surface area contributed by atoms with Crippen LogP contribution in [0.4, 0.5) is 13.2 Å². The summed E-state index contributed by atoms with van der Waals surface area (Å²) in [7, 11) is 0. The van der Waals surface area contributed by atoms with Crippen molar-refractivity contribution < 1.29 is 27.8 Å². The van der Waals surface area contributed by atoms with Crippen molar-refractivity contribution in [2.75, 3.05) is 0 Å². The molecule has 0 saturated carbocycles. The highest BCUT2D eigenvalue weighted by Gasteiger charge is 2.56. The van der Waals surface area contributed by atoms with Crippen molar-refractivity contribution in [3.05, 3.63) is 46.3 Å². The van der Waals surface area contributed by atoms with Crippen molar-refractivity contribution in [1.29, 1.82) is 0 Å². The summed E-state index contributed by atoms with van der Waals surface area (Å²) in [4.78, 5) is 11.3. The molecule has 1 heterocycles. The first-order valence-corrected chi connectivity index (χ1v) is 4.78. The smallest absolute Gasteiger partial charge is 0.422 e. The van der Waals surface area contributed by atoms with Crippen molar-refractivity contribution in [3.8, 4) is 0 Å². The molecule has 0 spiro atoms. The quantitative estimate of drug-likeness (QED) is 0.602. The van der Waals surface area contributed by atoms with Crippen LogP contribution in [0, 0.1) is 0 Å². The minimum Gasteiger partial charge on any atom is -0.422 e. The Kier molecular flexibility index (Phi) is 2.67. The maximum absolute atomic E-state index is 12.4. The molecule has 0 aliphatic rings. The average molecular weight is 260 g/mol. The van der Waals surface area contributed by atoms with E-state index in [9.17, 15) is 18.0 Å². The Labute approximate surface area is 97.9 Å². The Morgan fingerprint density at radius 2 is 1.72 bits per heavy atom. The topological polar surface area (TPSA) is 70.7 Å². The van der Waals surface area contributed by atoms with Crippen molar-refractivity contribution in [1.82, 2.24) is 0 Å². The number of hydrogen-bond acceptors (Lipinski definition) is 4. The molecule has 4 nitrogen and oxygen atoms in total. The zero-order valence-electron chi connectivity index (χ0n) is 8.73. The molecular formula is C11H7F3O4. The second kappa shape index (κ2) is 3.82. The van der Waals surface area contributed by atoms with Gasteiger partial charge in [-0.1, -0.05) is 18.2 Å². The largest absolute Gasteiger partial charge is 0.448 e. The van der Waals surface area contributed by atoms with Gasteiger partial charge in [0, 0.05) is 5.39 Å². The van der Waals surface area contributed by atoms with Crippen LogP contribution in [0.15, 0.2) is 39.5 Å². The van der Waals surface area contributed by atoms with Gasteiger partial charge in [-0.25, -0.2) is 4.79 Å². The fourth-order valence-electron chi connectivity index (χ4n) is 1.46. The molecule has 2 N–H and O–H groups in total. The number of hydrogen-bond donors (Lipinski definition) is 2. The summed E-state index contributed by atoms with van der Waals surface area (Å²) in [6.07, 6.45) is -5.40. The summed E-state index contributed by atoms with van der Waals surface area (Å²) in [6.45, 7) is 0. The second-order valence-corrected chi connectivity index (χ2v) is 3.66. The molecule has 0 fully saturated rings. The van der Waals surface area contributed by atoms with E-state index in [2.05, 4.69) is 4.42 Å².